The molecule has 110 valence electrons. The molecule has 0 radical (unpaired) electrons. The topological polar surface area (TPSA) is 59.6 Å². The summed E-state index contributed by atoms with van der Waals surface area (Å²) >= 11 is 0. The maximum atomic E-state index is 12.2. The van der Waals surface area contributed by atoms with Crippen molar-refractivity contribution in [1.29, 1.82) is 0 Å². The summed E-state index contributed by atoms with van der Waals surface area (Å²) in [4.78, 5) is 12.2. The molecule has 0 spiro atoms. The molecule has 2 heterocycles. The molecule has 0 saturated carbocycles. The second-order valence-corrected chi connectivity index (χ2v) is 5.12. The van der Waals surface area contributed by atoms with Gasteiger partial charge in [0.05, 0.1) is 0 Å². The van der Waals surface area contributed by atoms with Crippen molar-refractivity contribution in [2.24, 2.45) is 5.92 Å². The highest BCUT2D eigenvalue weighted by Crippen LogP contribution is 2.32. The number of fused-ring (bicyclic) bond motifs is 1. The molecule has 6 heteroatoms. The normalized spacial score (nSPS) is 23.9. The van der Waals surface area contributed by atoms with Gasteiger partial charge in [0.2, 0.25) is 6.79 Å². The largest absolute Gasteiger partial charge is 0.454 e. The number of carbonyl (C=O) groups is 1. The van der Waals surface area contributed by atoms with E-state index in [1.165, 1.54) is 0 Å². The fourth-order valence-corrected chi connectivity index (χ4v) is 2.47. The zero-order chi connectivity index (χ0) is 13.2. The van der Waals surface area contributed by atoms with Gasteiger partial charge < -0.3 is 20.1 Å². The number of benzene rings is 1. The van der Waals surface area contributed by atoms with Crippen molar-refractivity contribution in [1.82, 2.24) is 10.6 Å². The molecule has 5 nitrogen and oxygen atoms in total. The highest BCUT2D eigenvalue weighted by atomic mass is 35.5. The van der Waals surface area contributed by atoms with Crippen LogP contribution in [0.4, 0.5) is 0 Å². The molecule has 1 aromatic rings. The number of rotatable bonds is 2. The lowest BCUT2D eigenvalue weighted by Crippen LogP contribution is -2.50. The SMILES string of the molecule is CC1CCNCC1NC(=O)c1ccc2c(c1)OCO2.Cl. The third-order valence-corrected chi connectivity index (χ3v) is 3.78. The Morgan fingerprint density at radius 1 is 1.35 bits per heavy atom. The van der Waals surface area contributed by atoms with Gasteiger partial charge >= 0.3 is 0 Å². The molecule has 1 saturated heterocycles. The van der Waals surface area contributed by atoms with E-state index in [2.05, 4.69) is 17.6 Å². The van der Waals surface area contributed by atoms with Crippen LogP contribution in [-0.4, -0.2) is 31.8 Å². The van der Waals surface area contributed by atoms with Gasteiger partial charge in [0.1, 0.15) is 0 Å². The van der Waals surface area contributed by atoms with Gasteiger partial charge in [-0.25, -0.2) is 0 Å². The van der Waals surface area contributed by atoms with Crippen LogP contribution in [0.3, 0.4) is 0 Å². The predicted molar refractivity (Wildman–Crippen MR) is 77.7 cm³/mol. The molecular weight excluding hydrogens is 280 g/mol. The van der Waals surface area contributed by atoms with Gasteiger partial charge in [-0.05, 0) is 37.1 Å². The lowest BCUT2D eigenvalue weighted by molar-refractivity contribution is 0.0915. The minimum atomic E-state index is -0.0566. The summed E-state index contributed by atoms with van der Waals surface area (Å²) < 4.78 is 10.5. The zero-order valence-electron chi connectivity index (χ0n) is 11.3. The first kappa shape index (κ1) is 14.9. The van der Waals surface area contributed by atoms with E-state index < -0.39 is 0 Å². The number of amides is 1. The number of hydrogen-bond donors (Lipinski definition) is 2. The van der Waals surface area contributed by atoms with E-state index in [9.17, 15) is 4.79 Å². The van der Waals surface area contributed by atoms with Gasteiger partial charge in [-0.2, -0.15) is 0 Å². The molecule has 0 aliphatic carbocycles. The first-order valence-electron chi connectivity index (χ1n) is 6.65. The summed E-state index contributed by atoms with van der Waals surface area (Å²) in [7, 11) is 0. The van der Waals surface area contributed by atoms with Crippen LogP contribution < -0.4 is 20.1 Å². The molecule has 3 rings (SSSR count). The predicted octanol–water partition coefficient (Wildman–Crippen LogP) is 1.56. The van der Waals surface area contributed by atoms with Crippen LogP contribution in [0, 0.1) is 5.92 Å². The molecule has 0 aromatic heterocycles. The van der Waals surface area contributed by atoms with Crippen molar-refractivity contribution in [3.05, 3.63) is 23.8 Å². The molecule has 2 atom stereocenters. The van der Waals surface area contributed by atoms with Crippen LogP contribution in [0.5, 0.6) is 11.5 Å². The summed E-state index contributed by atoms with van der Waals surface area (Å²) in [5.74, 6) is 1.78. The number of halogens is 1. The monoisotopic (exact) mass is 298 g/mol. The molecule has 2 aliphatic rings. The third kappa shape index (κ3) is 2.99. The highest BCUT2D eigenvalue weighted by molar-refractivity contribution is 5.95. The van der Waals surface area contributed by atoms with Crippen LogP contribution in [0.15, 0.2) is 18.2 Å². The third-order valence-electron chi connectivity index (χ3n) is 3.78. The second-order valence-electron chi connectivity index (χ2n) is 5.12. The lowest BCUT2D eigenvalue weighted by atomic mass is 9.94. The number of hydrogen-bond acceptors (Lipinski definition) is 4. The molecule has 0 bridgehead atoms. The molecule has 2 N–H and O–H groups in total. The van der Waals surface area contributed by atoms with Crippen LogP contribution in [-0.2, 0) is 0 Å². The van der Waals surface area contributed by atoms with Crippen LogP contribution >= 0.6 is 12.4 Å². The van der Waals surface area contributed by atoms with Crippen molar-refractivity contribution in [3.8, 4) is 11.5 Å². The first-order chi connectivity index (χ1) is 9.24. The Labute approximate surface area is 124 Å². The molecule has 1 fully saturated rings. The molecule has 2 aliphatic heterocycles. The summed E-state index contributed by atoms with van der Waals surface area (Å²) in [6.07, 6.45) is 1.09. The Balaban J connectivity index is 0.00000147. The van der Waals surface area contributed by atoms with E-state index in [0.29, 0.717) is 23.0 Å². The van der Waals surface area contributed by atoms with E-state index in [1.807, 2.05) is 0 Å². The summed E-state index contributed by atoms with van der Waals surface area (Å²) in [6.45, 7) is 4.25. The van der Waals surface area contributed by atoms with Crippen molar-refractivity contribution in [2.45, 2.75) is 19.4 Å². The zero-order valence-corrected chi connectivity index (χ0v) is 12.2. The minimum absolute atomic E-state index is 0. The second kappa shape index (κ2) is 6.33. The summed E-state index contributed by atoms with van der Waals surface area (Å²) in [5.41, 5.74) is 0.613. The quantitative estimate of drug-likeness (QED) is 0.870. The van der Waals surface area contributed by atoms with Crippen molar-refractivity contribution < 1.29 is 14.3 Å². The van der Waals surface area contributed by atoms with E-state index >= 15 is 0 Å². The van der Waals surface area contributed by atoms with Crippen LogP contribution in [0.25, 0.3) is 0 Å². The standard InChI is InChI=1S/C14H18N2O3.ClH/c1-9-4-5-15-7-11(9)16-14(17)10-2-3-12-13(6-10)19-8-18-12;/h2-3,6,9,11,15H,4-5,7-8H2,1H3,(H,16,17);1H. The van der Waals surface area contributed by atoms with Gasteiger partial charge in [0.25, 0.3) is 5.91 Å². The van der Waals surface area contributed by atoms with Crippen molar-refractivity contribution in [3.63, 3.8) is 0 Å². The Hall–Kier alpha value is -1.46. The first-order valence-corrected chi connectivity index (χ1v) is 6.65. The van der Waals surface area contributed by atoms with Gasteiger partial charge in [0.15, 0.2) is 11.5 Å². The number of nitrogens with one attached hydrogen (secondary N) is 2. The molecule has 20 heavy (non-hydrogen) atoms. The number of ether oxygens (including phenoxy) is 2. The molecule has 1 amide bonds. The van der Waals surface area contributed by atoms with Gasteiger partial charge in [-0.15, -0.1) is 12.4 Å². The molecule has 2 unspecified atom stereocenters. The fourth-order valence-electron chi connectivity index (χ4n) is 2.47. The summed E-state index contributed by atoms with van der Waals surface area (Å²) in [6, 6.07) is 5.47. The molecular formula is C14H19ClN2O3. The van der Waals surface area contributed by atoms with Gasteiger partial charge in [-0.3, -0.25) is 4.79 Å². The Bertz CT molecular complexity index is 495. The minimum Gasteiger partial charge on any atom is -0.454 e. The van der Waals surface area contributed by atoms with Crippen LogP contribution in [0.2, 0.25) is 0 Å². The van der Waals surface area contributed by atoms with Crippen LogP contribution in [0.1, 0.15) is 23.7 Å². The van der Waals surface area contributed by atoms with E-state index in [4.69, 9.17) is 9.47 Å². The van der Waals surface area contributed by atoms with Crippen molar-refractivity contribution in [2.75, 3.05) is 19.9 Å². The number of piperidine rings is 1. The Morgan fingerprint density at radius 2 is 2.15 bits per heavy atom. The summed E-state index contributed by atoms with van der Waals surface area (Å²) in [5, 5.41) is 6.38. The number of carbonyl (C=O) groups excluding carboxylic acids is 1. The Kier molecular flexibility index (Phi) is 4.73. The highest BCUT2D eigenvalue weighted by Gasteiger charge is 2.24. The average Bonchev–Trinajstić information content (AvgIpc) is 2.88. The van der Waals surface area contributed by atoms with Gasteiger partial charge in [0, 0.05) is 18.2 Å². The maximum Gasteiger partial charge on any atom is 0.251 e. The smallest absolute Gasteiger partial charge is 0.251 e. The average molecular weight is 299 g/mol. The fraction of sp³-hybridized carbons (Fsp3) is 0.500. The van der Waals surface area contributed by atoms with Crippen molar-refractivity contribution >= 4 is 18.3 Å². The van der Waals surface area contributed by atoms with E-state index in [-0.39, 0.29) is 31.1 Å². The maximum absolute atomic E-state index is 12.2. The lowest BCUT2D eigenvalue weighted by Gasteiger charge is -2.30. The Morgan fingerprint density at radius 3 is 2.95 bits per heavy atom. The van der Waals surface area contributed by atoms with Gasteiger partial charge in [-0.1, -0.05) is 6.92 Å². The van der Waals surface area contributed by atoms with E-state index in [1.54, 1.807) is 18.2 Å². The molecule has 1 aromatic carbocycles. The van der Waals surface area contributed by atoms with E-state index in [0.717, 1.165) is 19.5 Å².